The molecule has 0 N–H and O–H groups in total. The fraction of sp³-hybridized carbons (Fsp3) is 0.750. The molecule has 108 valence electrons. The fourth-order valence-electron chi connectivity index (χ4n) is 4.39. The van der Waals surface area contributed by atoms with E-state index in [4.69, 9.17) is 0 Å². The van der Waals surface area contributed by atoms with Crippen LogP contribution >= 0.6 is 0 Å². The number of nitrogens with zero attached hydrogens (tertiary/aromatic N) is 3. The molecule has 1 atom stereocenters. The molecule has 0 bridgehead atoms. The number of carbonyl (C=O) groups is 1. The van der Waals surface area contributed by atoms with Crippen molar-refractivity contribution in [3.05, 3.63) is 17.5 Å². The van der Waals surface area contributed by atoms with Crippen molar-refractivity contribution < 1.29 is 4.79 Å². The average Bonchev–Trinajstić information content (AvgIpc) is 3.19. The van der Waals surface area contributed by atoms with Gasteiger partial charge in [0.1, 0.15) is 0 Å². The molecule has 1 aliphatic carbocycles. The average molecular weight is 273 g/mol. The maximum Gasteiger partial charge on any atom is 0.274 e. The molecule has 1 saturated carbocycles. The number of fused-ring (bicyclic) bond motifs is 1. The first-order valence-electron chi connectivity index (χ1n) is 8.20. The molecule has 20 heavy (non-hydrogen) atoms. The molecule has 1 aromatic heterocycles. The van der Waals surface area contributed by atoms with Crippen LogP contribution in [-0.4, -0.2) is 33.2 Å². The first-order valence-corrected chi connectivity index (χ1v) is 8.20. The lowest BCUT2D eigenvalue weighted by atomic mass is 9.96. The lowest BCUT2D eigenvalue weighted by Gasteiger charge is -2.28. The second-order valence-corrected chi connectivity index (χ2v) is 6.60. The van der Waals surface area contributed by atoms with Crippen molar-refractivity contribution >= 4 is 5.91 Å². The molecule has 0 aromatic carbocycles. The highest BCUT2D eigenvalue weighted by atomic mass is 16.2. The van der Waals surface area contributed by atoms with E-state index in [0.29, 0.717) is 11.7 Å². The summed E-state index contributed by atoms with van der Waals surface area (Å²) in [5.41, 5.74) is 1.93. The number of hydrogen-bond acceptors (Lipinski definition) is 2. The molecule has 1 amide bonds. The molecule has 0 radical (unpaired) electrons. The first kappa shape index (κ1) is 12.4. The van der Waals surface area contributed by atoms with Crippen LogP contribution in [0.25, 0.3) is 0 Å². The zero-order valence-corrected chi connectivity index (χ0v) is 12.1. The van der Waals surface area contributed by atoms with Crippen LogP contribution < -0.4 is 0 Å². The van der Waals surface area contributed by atoms with Crippen molar-refractivity contribution in [1.82, 2.24) is 14.7 Å². The third-order valence-corrected chi connectivity index (χ3v) is 5.39. The van der Waals surface area contributed by atoms with Gasteiger partial charge in [-0.3, -0.25) is 9.48 Å². The van der Waals surface area contributed by atoms with E-state index in [2.05, 4.69) is 10.00 Å². The van der Waals surface area contributed by atoms with E-state index in [1.54, 1.807) is 0 Å². The Hall–Kier alpha value is -1.32. The highest BCUT2D eigenvalue weighted by Gasteiger charge is 2.37. The van der Waals surface area contributed by atoms with Crippen LogP contribution in [0.5, 0.6) is 0 Å². The third kappa shape index (κ3) is 1.97. The molecule has 3 heterocycles. The summed E-state index contributed by atoms with van der Waals surface area (Å²) in [7, 11) is 0. The van der Waals surface area contributed by atoms with Crippen LogP contribution in [-0.2, 0) is 13.0 Å². The Bertz CT molecular complexity index is 494. The van der Waals surface area contributed by atoms with Gasteiger partial charge in [0.2, 0.25) is 0 Å². The summed E-state index contributed by atoms with van der Waals surface area (Å²) in [5, 5.41) is 4.52. The van der Waals surface area contributed by atoms with E-state index in [1.807, 2.05) is 10.7 Å². The van der Waals surface area contributed by atoms with Gasteiger partial charge in [0.05, 0.1) is 0 Å². The Labute approximate surface area is 120 Å². The molecular weight excluding hydrogens is 250 g/mol. The second kappa shape index (κ2) is 4.90. The van der Waals surface area contributed by atoms with E-state index in [9.17, 15) is 4.79 Å². The molecular formula is C16H23N3O. The Balaban J connectivity index is 1.54. The lowest BCUT2D eigenvalue weighted by molar-refractivity contribution is 0.0682. The van der Waals surface area contributed by atoms with Gasteiger partial charge in [-0.1, -0.05) is 12.8 Å². The summed E-state index contributed by atoms with van der Waals surface area (Å²) < 4.78 is 2.02. The molecule has 0 spiro atoms. The van der Waals surface area contributed by atoms with Crippen molar-refractivity contribution in [3.8, 4) is 0 Å². The van der Waals surface area contributed by atoms with Crippen molar-refractivity contribution in [1.29, 1.82) is 0 Å². The number of hydrogen-bond donors (Lipinski definition) is 0. The van der Waals surface area contributed by atoms with Gasteiger partial charge in [-0.05, 0) is 50.5 Å². The predicted molar refractivity (Wildman–Crippen MR) is 76.6 cm³/mol. The summed E-state index contributed by atoms with van der Waals surface area (Å²) in [6.45, 7) is 1.91. The Kier molecular flexibility index (Phi) is 3.04. The van der Waals surface area contributed by atoms with E-state index in [-0.39, 0.29) is 5.91 Å². The van der Waals surface area contributed by atoms with Gasteiger partial charge in [-0.15, -0.1) is 0 Å². The van der Waals surface area contributed by atoms with Crippen LogP contribution in [0.4, 0.5) is 0 Å². The summed E-state index contributed by atoms with van der Waals surface area (Å²) >= 11 is 0. The summed E-state index contributed by atoms with van der Waals surface area (Å²) in [6.07, 6.45) is 9.94. The number of amides is 1. The van der Waals surface area contributed by atoms with Crippen molar-refractivity contribution in [2.75, 3.05) is 6.54 Å². The van der Waals surface area contributed by atoms with Gasteiger partial charge in [-0.2, -0.15) is 5.10 Å². The standard InChI is InChI=1S/C16H23N3O/c20-16(14-11-13-7-3-10-19(13)17-14)18-9-4-8-15(18)12-5-1-2-6-12/h11-12,15H,1-10H2. The molecule has 2 fully saturated rings. The molecule has 2 aliphatic heterocycles. The normalized spacial score (nSPS) is 26.4. The number of aryl methyl sites for hydroxylation is 2. The highest BCUT2D eigenvalue weighted by molar-refractivity contribution is 5.92. The van der Waals surface area contributed by atoms with Gasteiger partial charge in [-0.25, -0.2) is 0 Å². The van der Waals surface area contributed by atoms with Crippen LogP contribution in [0.15, 0.2) is 6.07 Å². The van der Waals surface area contributed by atoms with Gasteiger partial charge >= 0.3 is 0 Å². The topological polar surface area (TPSA) is 38.1 Å². The number of rotatable bonds is 2. The maximum absolute atomic E-state index is 12.8. The Morgan fingerprint density at radius 1 is 1.10 bits per heavy atom. The number of likely N-dealkylation sites (tertiary alicyclic amines) is 1. The van der Waals surface area contributed by atoms with E-state index < -0.39 is 0 Å². The second-order valence-electron chi connectivity index (χ2n) is 6.60. The smallest absolute Gasteiger partial charge is 0.274 e. The fourth-order valence-corrected chi connectivity index (χ4v) is 4.39. The SMILES string of the molecule is O=C(c1cc2n(n1)CCC2)N1CCCC1C1CCCC1. The van der Waals surface area contributed by atoms with Crippen LogP contribution in [0.2, 0.25) is 0 Å². The third-order valence-electron chi connectivity index (χ3n) is 5.39. The largest absolute Gasteiger partial charge is 0.334 e. The van der Waals surface area contributed by atoms with Crippen LogP contribution in [0.3, 0.4) is 0 Å². The molecule has 1 unspecified atom stereocenters. The summed E-state index contributed by atoms with van der Waals surface area (Å²) in [4.78, 5) is 14.9. The molecule has 4 nitrogen and oxygen atoms in total. The first-order chi connectivity index (χ1) is 9.83. The highest BCUT2D eigenvalue weighted by Crippen LogP contribution is 2.36. The van der Waals surface area contributed by atoms with Crippen LogP contribution in [0, 0.1) is 5.92 Å². The Morgan fingerprint density at radius 2 is 1.95 bits per heavy atom. The zero-order valence-electron chi connectivity index (χ0n) is 12.1. The predicted octanol–water partition coefficient (Wildman–Crippen LogP) is 2.62. The lowest BCUT2D eigenvalue weighted by Crippen LogP contribution is -2.39. The monoisotopic (exact) mass is 273 g/mol. The van der Waals surface area contributed by atoms with Gasteiger partial charge < -0.3 is 4.90 Å². The minimum Gasteiger partial charge on any atom is -0.334 e. The van der Waals surface area contributed by atoms with E-state index >= 15 is 0 Å². The van der Waals surface area contributed by atoms with Gasteiger partial charge in [0, 0.05) is 24.8 Å². The van der Waals surface area contributed by atoms with Gasteiger partial charge in [0.15, 0.2) is 5.69 Å². The molecule has 3 aliphatic rings. The Morgan fingerprint density at radius 3 is 2.75 bits per heavy atom. The van der Waals surface area contributed by atoms with Crippen molar-refractivity contribution in [2.24, 2.45) is 5.92 Å². The van der Waals surface area contributed by atoms with Crippen molar-refractivity contribution in [3.63, 3.8) is 0 Å². The quantitative estimate of drug-likeness (QED) is 0.830. The van der Waals surface area contributed by atoms with E-state index in [1.165, 1.54) is 50.6 Å². The number of aromatic nitrogens is 2. The zero-order chi connectivity index (χ0) is 13.5. The van der Waals surface area contributed by atoms with Crippen molar-refractivity contribution in [2.45, 2.75) is 64.0 Å². The molecule has 4 rings (SSSR count). The van der Waals surface area contributed by atoms with Crippen LogP contribution in [0.1, 0.15) is 61.1 Å². The minimum absolute atomic E-state index is 0.182. The molecule has 4 heteroatoms. The summed E-state index contributed by atoms with van der Waals surface area (Å²) in [6, 6.07) is 2.51. The van der Waals surface area contributed by atoms with E-state index in [0.717, 1.165) is 25.4 Å². The molecule has 1 saturated heterocycles. The number of carbonyl (C=O) groups excluding carboxylic acids is 1. The molecule has 1 aromatic rings. The summed E-state index contributed by atoms with van der Waals surface area (Å²) in [5.74, 6) is 0.928. The minimum atomic E-state index is 0.182. The van der Waals surface area contributed by atoms with Gasteiger partial charge in [0.25, 0.3) is 5.91 Å². The maximum atomic E-state index is 12.8.